The molecule has 7 nitrogen and oxygen atoms in total. The summed E-state index contributed by atoms with van der Waals surface area (Å²) in [5.41, 5.74) is 1.28. The molecule has 36 heavy (non-hydrogen) atoms. The number of rotatable bonds is 5. The third-order valence-electron chi connectivity index (χ3n) is 8.33. The number of hydrogen-bond acceptors (Lipinski definition) is 6. The lowest BCUT2D eigenvalue weighted by Crippen LogP contribution is -2.56. The van der Waals surface area contributed by atoms with Crippen molar-refractivity contribution in [2.24, 2.45) is 5.92 Å². The van der Waals surface area contributed by atoms with Gasteiger partial charge in [-0.15, -0.1) is 0 Å². The van der Waals surface area contributed by atoms with Gasteiger partial charge in [0.1, 0.15) is 11.6 Å². The number of pyridine rings is 2. The first-order valence-electron chi connectivity index (χ1n) is 12.7. The SMILES string of the molecule is C[C@]1(N2CCC(c3cc4cc(NC(=O)C5CC5c5ccccn5)ncc4cc3F)CC2)COC[C@H]1O. The zero-order chi connectivity index (χ0) is 24.9. The second-order valence-electron chi connectivity index (χ2n) is 10.6. The Morgan fingerprint density at radius 3 is 2.75 bits per heavy atom. The van der Waals surface area contributed by atoms with Crippen molar-refractivity contribution in [3.63, 3.8) is 0 Å². The predicted molar refractivity (Wildman–Crippen MR) is 134 cm³/mol. The molecule has 3 fully saturated rings. The maximum Gasteiger partial charge on any atom is 0.229 e. The molecule has 1 aromatic carbocycles. The lowest BCUT2D eigenvalue weighted by Gasteiger charge is -2.43. The van der Waals surface area contributed by atoms with Gasteiger partial charge in [-0.1, -0.05) is 6.07 Å². The minimum atomic E-state index is -0.498. The van der Waals surface area contributed by atoms with Crippen molar-refractivity contribution in [1.82, 2.24) is 14.9 Å². The molecule has 2 saturated heterocycles. The monoisotopic (exact) mass is 490 g/mol. The summed E-state index contributed by atoms with van der Waals surface area (Å²) in [5, 5.41) is 14.9. The summed E-state index contributed by atoms with van der Waals surface area (Å²) >= 11 is 0. The van der Waals surface area contributed by atoms with Crippen LogP contribution in [0.25, 0.3) is 10.8 Å². The third-order valence-corrected chi connectivity index (χ3v) is 8.33. The fourth-order valence-electron chi connectivity index (χ4n) is 5.85. The van der Waals surface area contributed by atoms with Gasteiger partial charge in [0.25, 0.3) is 0 Å². The average molecular weight is 491 g/mol. The van der Waals surface area contributed by atoms with Crippen LogP contribution >= 0.6 is 0 Å². The molecule has 188 valence electrons. The van der Waals surface area contributed by atoms with Crippen LogP contribution < -0.4 is 5.32 Å². The molecule has 2 aliphatic heterocycles. The van der Waals surface area contributed by atoms with Crippen LogP contribution in [-0.2, 0) is 9.53 Å². The molecule has 8 heteroatoms. The number of carbonyl (C=O) groups is 1. The van der Waals surface area contributed by atoms with E-state index in [0.29, 0.717) is 30.0 Å². The summed E-state index contributed by atoms with van der Waals surface area (Å²) < 4.78 is 20.6. The topological polar surface area (TPSA) is 87.6 Å². The van der Waals surface area contributed by atoms with Gasteiger partial charge in [-0.05, 0) is 86.5 Å². The van der Waals surface area contributed by atoms with E-state index in [9.17, 15) is 9.90 Å². The minimum absolute atomic E-state index is 0.0567. The summed E-state index contributed by atoms with van der Waals surface area (Å²) in [7, 11) is 0. The van der Waals surface area contributed by atoms with Crippen LogP contribution in [0.2, 0.25) is 0 Å². The van der Waals surface area contributed by atoms with Crippen molar-refractivity contribution in [3.8, 4) is 0 Å². The molecule has 0 spiro atoms. The molecule has 1 saturated carbocycles. The van der Waals surface area contributed by atoms with Crippen LogP contribution in [0.5, 0.6) is 0 Å². The van der Waals surface area contributed by atoms with Gasteiger partial charge in [-0.2, -0.15) is 0 Å². The minimum Gasteiger partial charge on any atom is -0.389 e. The van der Waals surface area contributed by atoms with E-state index in [2.05, 4.69) is 20.2 Å². The summed E-state index contributed by atoms with van der Waals surface area (Å²) in [6, 6.07) is 11.0. The highest BCUT2D eigenvalue weighted by Crippen LogP contribution is 2.47. The first-order valence-corrected chi connectivity index (χ1v) is 12.7. The molecule has 0 bridgehead atoms. The van der Waals surface area contributed by atoms with Gasteiger partial charge in [-0.3, -0.25) is 14.7 Å². The molecule has 4 heterocycles. The molecule has 3 aromatic rings. The van der Waals surface area contributed by atoms with Gasteiger partial charge in [0.2, 0.25) is 5.91 Å². The normalized spacial score (nSPS) is 28.9. The summed E-state index contributed by atoms with van der Waals surface area (Å²) in [4.78, 5) is 23.8. The van der Waals surface area contributed by atoms with E-state index < -0.39 is 6.10 Å². The maximum atomic E-state index is 15.1. The molecule has 4 atom stereocenters. The van der Waals surface area contributed by atoms with Crippen molar-refractivity contribution in [3.05, 3.63) is 65.9 Å². The number of fused-ring (bicyclic) bond motifs is 1. The van der Waals surface area contributed by atoms with E-state index in [0.717, 1.165) is 43.4 Å². The van der Waals surface area contributed by atoms with Gasteiger partial charge in [-0.25, -0.2) is 9.37 Å². The number of benzene rings is 1. The van der Waals surface area contributed by atoms with Gasteiger partial charge >= 0.3 is 0 Å². The standard InChI is InChI=1S/C28H31FN4O3/c1-28(16-36-15-25(28)34)33-8-5-17(6-9-33)20-10-18-12-26(31-14-19(18)11-23(20)29)32-27(35)22-13-21(22)24-4-2-3-7-30-24/h2-4,7,10-12,14,17,21-22,25,34H,5-6,8-9,13,15-16H2,1H3,(H,31,32,35)/t21?,22?,25-,28+/m1/s1. The average Bonchev–Trinajstić information content (AvgIpc) is 3.63. The second kappa shape index (κ2) is 9.18. The number of carbonyl (C=O) groups excluding carboxylic acids is 1. The maximum absolute atomic E-state index is 15.1. The van der Waals surface area contributed by atoms with Crippen molar-refractivity contribution in [2.75, 3.05) is 31.6 Å². The number of aliphatic hydroxyl groups is 1. The first-order chi connectivity index (χ1) is 17.4. The lowest BCUT2D eigenvalue weighted by atomic mass is 9.85. The number of ether oxygens (including phenoxy) is 1. The molecule has 3 aliphatic rings. The summed E-state index contributed by atoms with van der Waals surface area (Å²) in [5.74, 6) is 0.361. The highest BCUT2D eigenvalue weighted by molar-refractivity contribution is 5.96. The Bertz CT molecular complexity index is 1280. The highest BCUT2D eigenvalue weighted by Gasteiger charge is 2.46. The summed E-state index contributed by atoms with van der Waals surface area (Å²) in [6.45, 7) is 4.51. The van der Waals surface area contributed by atoms with Crippen molar-refractivity contribution in [1.29, 1.82) is 0 Å². The van der Waals surface area contributed by atoms with E-state index in [4.69, 9.17) is 4.74 Å². The van der Waals surface area contributed by atoms with E-state index in [-0.39, 0.29) is 35.0 Å². The Balaban J connectivity index is 1.15. The number of amides is 1. The van der Waals surface area contributed by atoms with Crippen molar-refractivity contribution >= 4 is 22.5 Å². The van der Waals surface area contributed by atoms with E-state index in [1.807, 2.05) is 37.3 Å². The van der Waals surface area contributed by atoms with Crippen LogP contribution in [0.3, 0.4) is 0 Å². The smallest absolute Gasteiger partial charge is 0.229 e. The molecular weight excluding hydrogens is 459 g/mol. The van der Waals surface area contributed by atoms with Crippen molar-refractivity contribution in [2.45, 2.75) is 49.7 Å². The number of nitrogens with one attached hydrogen (secondary N) is 1. The molecule has 0 radical (unpaired) electrons. The number of aromatic nitrogens is 2. The number of nitrogens with zero attached hydrogens (tertiary/aromatic N) is 3. The molecular formula is C28H31FN4O3. The molecule has 2 aromatic heterocycles. The lowest BCUT2D eigenvalue weighted by molar-refractivity contribution is -0.117. The van der Waals surface area contributed by atoms with Crippen LogP contribution in [0.15, 0.2) is 48.8 Å². The quantitative estimate of drug-likeness (QED) is 0.565. The number of aliphatic hydroxyl groups excluding tert-OH is 1. The first kappa shape index (κ1) is 23.5. The molecule has 2 unspecified atom stereocenters. The predicted octanol–water partition coefficient (Wildman–Crippen LogP) is 3.84. The largest absolute Gasteiger partial charge is 0.389 e. The van der Waals surface area contributed by atoms with Crippen LogP contribution in [0.4, 0.5) is 10.2 Å². The van der Waals surface area contributed by atoms with Gasteiger partial charge in [0.15, 0.2) is 0 Å². The zero-order valence-electron chi connectivity index (χ0n) is 20.4. The van der Waals surface area contributed by atoms with Gasteiger partial charge < -0.3 is 15.2 Å². The number of halogens is 1. The Labute approximate surface area is 209 Å². The number of anilines is 1. The Morgan fingerprint density at radius 1 is 1.19 bits per heavy atom. The van der Waals surface area contributed by atoms with Crippen LogP contribution in [0.1, 0.15) is 49.3 Å². The van der Waals surface area contributed by atoms with Crippen LogP contribution in [0, 0.1) is 11.7 Å². The molecule has 6 rings (SSSR count). The fraction of sp³-hybridized carbons (Fsp3) is 0.464. The number of likely N-dealkylation sites (tertiary alicyclic amines) is 1. The Hall–Kier alpha value is -2.94. The van der Waals surface area contributed by atoms with Gasteiger partial charge in [0, 0.05) is 35.3 Å². The second-order valence-corrected chi connectivity index (χ2v) is 10.6. The summed E-state index contributed by atoms with van der Waals surface area (Å²) in [6.07, 6.45) is 5.29. The van der Waals surface area contributed by atoms with Crippen LogP contribution in [-0.4, -0.2) is 63.8 Å². The number of piperidine rings is 1. The zero-order valence-corrected chi connectivity index (χ0v) is 20.4. The van der Waals surface area contributed by atoms with Crippen molar-refractivity contribution < 1.29 is 19.0 Å². The van der Waals surface area contributed by atoms with E-state index >= 15 is 4.39 Å². The fourth-order valence-corrected chi connectivity index (χ4v) is 5.85. The highest BCUT2D eigenvalue weighted by atomic mass is 19.1. The van der Waals surface area contributed by atoms with E-state index in [1.165, 1.54) is 0 Å². The number of hydrogen-bond donors (Lipinski definition) is 2. The van der Waals surface area contributed by atoms with E-state index in [1.54, 1.807) is 18.5 Å². The molecule has 2 N–H and O–H groups in total. The third kappa shape index (κ3) is 4.27. The Kier molecular flexibility index (Phi) is 5.98. The Morgan fingerprint density at radius 2 is 2.03 bits per heavy atom. The van der Waals surface area contributed by atoms with Gasteiger partial charge in [0.05, 0.1) is 24.9 Å². The molecule has 1 aliphatic carbocycles. The molecule has 1 amide bonds.